The number of carbonyl (C=O) groups excluding carboxylic acids is 1. The molecule has 0 fully saturated rings. The summed E-state index contributed by atoms with van der Waals surface area (Å²) < 4.78 is 97.7. The highest BCUT2D eigenvalue weighted by Gasteiger charge is 2.37. The zero-order valence-corrected chi connectivity index (χ0v) is 19.3. The number of nitrogens with one attached hydrogen (secondary N) is 1. The Bertz CT molecular complexity index is 1250. The molecular formula is C25H21F7N2O3. The molecule has 0 spiro atoms. The van der Waals surface area contributed by atoms with Crippen LogP contribution in [-0.4, -0.2) is 36.0 Å². The summed E-state index contributed by atoms with van der Waals surface area (Å²) in [4.78, 5) is 27.9. The van der Waals surface area contributed by atoms with Gasteiger partial charge in [-0.1, -0.05) is 12.1 Å². The van der Waals surface area contributed by atoms with Crippen LogP contribution in [0, 0.1) is 5.82 Å². The summed E-state index contributed by atoms with van der Waals surface area (Å²) in [5, 5.41) is 0. The summed E-state index contributed by atoms with van der Waals surface area (Å²) in [6, 6.07) is 8.88. The molecule has 0 bridgehead atoms. The number of aromatic amines is 1. The first-order valence-electron chi connectivity index (χ1n) is 10.8. The number of hydrogen-bond donors (Lipinski definition) is 1. The topological polar surface area (TPSA) is 62.4 Å². The lowest BCUT2D eigenvalue weighted by molar-refractivity contribution is -0.143. The molecule has 1 atom stereocenters. The summed E-state index contributed by atoms with van der Waals surface area (Å²) in [6.07, 6.45) is -8.68. The number of likely N-dealkylation sites (N-methyl/N-ethyl adjacent to an activating group) is 1. The number of amides is 1. The smallest absolute Gasteiger partial charge is 0.376 e. The van der Waals surface area contributed by atoms with Crippen LogP contribution in [0.25, 0.3) is 0 Å². The van der Waals surface area contributed by atoms with E-state index in [1.165, 1.54) is 48.5 Å². The lowest BCUT2D eigenvalue weighted by Gasteiger charge is -2.25. The Balaban J connectivity index is 1.79. The zero-order valence-electron chi connectivity index (χ0n) is 19.3. The molecule has 1 amide bonds. The zero-order chi connectivity index (χ0) is 27.4. The van der Waals surface area contributed by atoms with E-state index in [0.717, 1.165) is 6.07 Å². The SMILES string of the molecule is CN(CC(COCc1cc(C(F)(F)F)cc(C(F)(F)F)c1)c1ccc(F)cc1)C(=O)c1cc[nH]c(=O)c1. The molecule has 3 aromatic rings. The number of aromatic nitrogens is 1. The van der Waals surface area contributed by atoms with Crippen LogP contribution in [0.1, 0.15) is 38.5 Å². The molecular weight excluding hydrogens is 509 g/mol. The van der Waals surface area contributed by atoms with Gasteiger partial charge in [-0.2, -0.15) is 26.3 Å². The van der Waals surface area contributed by atoms with Crippen molar-refractivity contribution in [1.82, 2.24) is 9.88 Å². The average molecular weight is 530 g/mol. The maximum Gasteiger partial charge on any atom is 0.416 e. The van der Waals surface area contributed by atoms with Gasteiger partial charge in [-0.25, -0.2) is 4.39 Å². The van der Waals surface area contributed by atoms with Gasteiger partial charge in [-0.05, 0) is 47.5 Å². The van der Waals surface area contributed by atoms with Gasteiger partial charge >= 0.3 is 12.4 Å². The number of hydrogen-bond acceptors (Lipinski definition) is 3. The fraction of sp³-hybridized carbons (Fsp3) is 0.280. The molecule has 198 valence electrons. The molecule has 0 saturated heterocycles. The Labute approximate surface area is 206 Å². The van der Waals surface area contributed by atoms with Crippen LogP contribution < -0.4 is 5.56 Å². The normalized spacial score (nSPS) is 12.9. The average Bonchev–Trinajstić information content (AvgIpc) is 2.82. The van der Waals surface area contributed by atoms with Crippen molar-refractivity contribution in [1.29, 1.82) is 0 Å². The quantitative estimate of drug-likeness (QED) is 0.385. The van der Waals surface area contributed by atoms with Gasteiger partial charge in [-0.15, -0.1) is 0 Å². The van der Waals surface area contributed by atoms with E-state index in [0.29, 0.717) is 17.7 Å². The first-order chi connectivity index (χ1) is 17.2. The summed E-state index contributed by atoms with van der Waals surface area (Å²) >= 11 is 0. The highest BCUT2D eigenvalue weighted by atomic mass is 19.4. The van der Waals surface area contributed by atoms with Crippen molar-refractivity contribution in [2.75, 3.05) is 20.2 Å². The van der Waals surface area contributed by atoms with Crippen LogP contribution in [-0.2, 0) is 23.7 Å². The van der Waals surface area contributed by atoms with Crippen LogP contribution in [0.2, 0.25) is 0 Å². The summed E-state index contributed by atoms with van der Waals surface area (Å²) in [5.74, 6) is -1.66. The largest absolute Gasteiger partial charge is 0.416 e. The molecule has 0 aliphatic rings. The Morgan fingerprint density at radius 3 is 2.08 bits per heavy atom. The van der Waals surface area contributed by atoms with Gasteiger partial charge in [0.05, 0.1) is 24.3 Å². The number of alkyl halides is 6. The van der Waals surface area contributed by atoms with Crippen molar-refractivity contribution in [3.8, 4) is 0 Å². The van der Waals surface area contributed by atoms with Crippen molar-refractivity contribution < 1.29 is 40.3 Å². The van der Waals surface area contributed by atoms with Gasteiger partial charge in [0, 0.05) is 37.3 Å². The third-order valence-corrected chi connectivity index (χ3v) is 5.44. The third kappa shape index (κ3) is 7.66. The first kappa shape index (κ1) is 27.9. The van der Waals surface area contributed by atoms with Crippen molar-refractivity contribution in [3.63, 3.8) is 0 Å². The molecule has 0 saturated carbocycles. The molecule has 1 unspecified atom stereocenters. The van der Waals surface area contributed by atoms with Gasteiger partial charge < -0.3 is 14.6 Å². The molecule has 37 heavy (non-hydrogen) atoms. The van der Waals surface area contributed by atoms with Crippen molar-refractivity contribution in [3.05, 3.63) is 105 Å². The molecule has 1 N–H and O–H groups in total. The summed E-state index contributed by atoms with van der Waals surface area (Å²) in [5.41, 5.74) is -3.12. The molecule has 0 aliphatic heterocycles. The molecule has 1 aromatic heterocycles. The number of carbonyl (C=O) groups is 1. The van der Waals surface area contributed by atoms with Gasteiger partial charge in [-0.3, -0.25) is 9.59 Å². The van der Waals surface area contributed by atoms with E-state index < -0.39 is 53.3 Å². The summed E-state index contributed by atoms with van der Waals surface area (Å²) in [6.45, 7) is -0.791. The number of H-pyrrole nitrogens is 1. The monoisotopic (exact) mass is 530 g/mol. The molecule has 0 aliphatic carbocycles. The van der Waals surface area contributed by atoms with Gasteiger partial charge in [0.1, 0.15) is 5.82 Å². The van der Waals surface area contributed by atoms with E-state index in [2.05, 4.69) is 4.98 Å². The van der Waals surface area contributed by atoms with Crippen LogP contribution in [0.5, 0.6) is 0 Å². The highest BCUT2D eigenvalue weighted by molar-refractivity contribution is 5.93. The van der Waals surface area contributed by atoms with E-state index in [1.807, 2.05) is 0 Å². The number of pyridine rings is 1. The van der Waals surface area contributed by atoms with Crippen molar-refractivity contribution in [2.45, 2.75) is 24.9 Å². The molecule has 0 radical (unpaired) electrons. The van der Waals surface area contributed by atoms with Crippen LogP contribution in [0.4, 0.5) is 30.7 Å². The summed E-state index contributed by atoms with van der Waals surface area (Å²) in [7, 11) is 1.45. The Morgan fingerprint density at radius 2 is 1.54 bits per heavy atom. The van der Waals surface area contributed by atoms with Gasteiger partial charge in [0.25, 0.3) is 5.91 Å². The van der Waals surface area contributed by atoms with E-state index in [1.54, 1.807) is 0 Å². The van der Waals surface area contributed by atoms with E-state index in [9.17, 15) is 40.3 Å². The van der Waals surface area contributed by atoms with Gasteiger partial charge in [0.15, 0.2) is 0 Å². The second-order valence-corrected chi connectivity index (χ2v) is 8.31. The van der Waals surface area contributed by atoms with Crippen molar-refractivity contribution >= 4 is 5.91 Å². The number of rotatable bonds is 8. The lowest BCUT2D eigenvalue weighted by Crippen LogP contribution is -2.33. The fourth-order valence-corrected chi connectivity index (χ4v) is 3.62. The van der Waals surface area contributed by atoms with E-state index in [4.69, 9.17) is 4.74 Å². The minimum absolute atomic E-state index is 0.00629. The Kier molecular flexibility index (Phi) is 8.42. The minimum Gasteiger partial charge on any atom is -0.376 e. The number of nitrogens with zero attached hydrogens (tertiary/aromatic N) is 1. The number of ether oxygens (including phenoxy) is 1. The maximum absolute atomic E-state index is 13.4. The van der Waals surface area contributed by atoms with Crippen LogP contribution in [0.15, 0.2) is 65.6 Å². The van der Waals surface area contributed by atoms with Gasteiger partial charge in [0.2, 0.25) is 5.56 Å². The molecule has 1 heterocycles. The first-order valence-corrected chi connectivity index (χ1v) is 10.8. The predicted octanol–water partition coefficient (Wildman–Crippen LogP) is 5.62. The van der Waals surface area contributed by atoms with Crippen LogP contribution >= 0.6 is 0 Å². The molecule has 3 rings (SSSR count). The predicted molar refractivity (Wildman–Crippen MR) is 119 cm³/mol. The maximum atomic E-state index is 13.4. The standard InChI is InChI=1S/C25H21F7N2O3/c1-34(23(36)17-6-7-33-22(35)10-17)12-18(16-2-4-21(26)5-3-16)14-37-13-15-8-19(24(27,28)29)11-20(9-15)25(30,31)32/h2-11,18H,12-14H2,1H3,(H,33,35). The molecule has 2 aromatic carbocycles. The van der Waals surface area contributed by atoms with Crippen LogP contribution in [0.3, 0.4) is 0 Å². The number of benzene rings is 2. The molecule has 12 heteroatoms. The second-order valence-electron chi connectivity index (χ2n) is 8.31. The number of halogens is 7. The van der Waals surface area contributed by atoms with Crippen molar-refractivity contribution in [2.24, 2.45) is 0 Å². The Hall–Kier alpha value is -3.67. The fourth-order valence-electron chi connectivity index (χ4n) is 3.62. The van der Waals surface area contributed by atoms with E-state index >= 15 is 0 Å². The lowest BCUT2D eigenvalue weighted by atomic mass is 9.99. The third-order valence-electron chi connectivity index (χ3n) is 5.44. The second kappa shape index (κ2) is 11.2. The van der Waals surface area contributed by atoms with E-state index in [-0.39, 0.29) is 30.3 Å². The highest BCUT2D eigenvalue weighted by Crippen LogP contribution is 2.36. The Morgan fingerprint density at radius 1 is 0.946 bits per heavy atom. The molecule has 5 nitrogen and oxygen atoms in total. The minimum atomic E-state index is -4.99.